The lowest BCUT2D eigenvalue weighted by Gasteiger charge is -2.45. The summed E-state index contributed by atoms with van der Waals surface area (Å²) in [6.07, 6.45) is 2.45. The van der Waals surface area contributed by atoms with E-state index in [9.17, 15) is 23.5 Å². The molecule has 1 atom stereocenters. The molecule has 2 aromatic carbocycles. The van der Waals surface area contributed by atoms with Crippen LogP contribution >= 0.6 is 11.6 Å². The lowest BCUT2D eigenvalue weighted by atomic mass is 9.84. The third kappa shape index (κ3) is 6.20. The van der Waals surface area contributed by atoms with Crippen LogP contribution < -0.4 is 5.32 Å². The highest BCUT2D eigenvalue weighted by atomic mass is 35.5. The molecular formula is C26H27ClF2N4O3. The van der Waals surface area contributed by atoms with E-state index < -0.39 is 42.7 Å². The van der Waals surface area contributed by atoms with Crippen LogP contribution in [0, 0.1) is 0 Å². The maximum absolute atomic E-state index is 13.9. The van der Waals surface area contributed by atoms with E-state index in [4.69, 9.17) is 11.6 Å². The second-order valence-corrected chi connectivity index (χ2v) is 9.52. The van der Waals surface area contributed by atoms with Gasteiger partial charge in [0.15, 0.2) is 0 Å². The molecule has 1 aliphatic carbocycles. The molecule has 4 rings (SSSR count). The molecular weight excluding hydrogens is 490 g/mol. The first-order chi connectivity index (χ1) is 17.1. The molecule has 3 aromatic rings. The highest BCUT2D eigenvalue weighted by Gasteiger charge is 2.51. The Bertz CT molecular complexity index is 1210. The molecule has 2 amide bonds. The number of carbonyl (C=O) groups is 2. The molecule has 0 aliphatic heterocycles. The zero-order valence-electron chi connectivity index (χ0n) is 19.7. The van der Waals surface area contributed by atoms with Crippen molar-refractivity contribution in [2.45, 2.75) is 50.2 Å². The summed E-state index contributed by atoms with van der Waals surface area (Å²) in [5.74, 6) is -3.65. The summed E-state index contributed by atoms with van der Waals surface area (Å²) in [6, 6.07) is 11.5. The highest BCUT2D eigenvalue weighted by molar-refractivity contribution is 6.30. The van der Waals surface area contributed by atoms with Crippen molar-refractivity contribution in [3.8, 4) is 5.75 Å². The van der Waals surface area contributed by atoms with Gasteiger partial charge in [-0.3, -0.25) is 14.3 Å². The van der Waals surface area contributed by atoms with Gasteiger partial charge in [0.1, 0.15) is 11.8 Å². The van der Waals surface area contributed by atoms with E-state index in [1.807, 2.05) is 0 Å². The van der Waals surface area contributed by atoms with Gasteiger partial charge >= 0.3 is 0 Å². The van der Waals surface area contributed by atoms with E-state index in [2.05, 4.69) is 10.4 Å². The van der Waals surface area contributed by atoms with Crippen molar-refractivity contribution in [1.29, 1.82) is 0 Å². The number of nitrogens with zero attached hydrogens (tertiary/aromatic N) is 3. The average Bonchev–Trinajstić information content (AvgIpc) is 3.25. The Kier molecular flexibility index (Phi) is 7.59. The van der Waals surface area contributed by atoms with Crippen molar-refractivity contribution in [1.82, 2.24) is 20.0 Å². The molecule has 36 heavy (non-hydrogen) atoms. The predicted octanol–water partition coefficient (Wildman–Crippen LogP) is 4.40. The van der Waals surface area contributed by atoms with E-state index >= 15 is 0 Å². The summed E-state index contributed by atoms with van der Waals surface area (Å²) >= 11 is 5.93. The molecule has 2 N–H and O–H groups in total. The maximum atomic E-state index is 13.9. The summed E-state index contributed by atoms with van der Waals surface area (Å²) in [6.45, 7) is 0.184. The van der Waals surface area contributed by atoms with Crippen molar-refractivity contribution in [3.05, 3.63) is 82.6 Å². The number of benzene rings is 2. The monoisotopic (exact) mass is 516 g/mol. The number of aryl methyl sites for hydroxylation is 2. The quantitative estimate of drug-likeness (QED) is 0.441. The van der Waals surface area contributed by atoms with Crippen LogP contribution in [0.4, 0.5) is 8.78 Å². The van der Waals surface area contributed by atoms with Crippen molar-refractivity contribution < 1.29 is 23.5 Å². The number of nitrogens with one attached hydrogen (secondary N) is 1. The van der Waals surface area contributed by atoms with Crippen LogP contribution in [-0.4, -0.2) is 43.6 Å². The molecule has 1 fully saturated rings. The van der Waals surface area contributed by atoms with Gasteiger partial charge in [-0.25, -0.2) is 8.78 Å². The molecule has 10 heteroatoms. The van der Waals surface area contributed by atoms with Gasteiger partial charge in [0.25, 0.3) is 5.92 Å². The van der Waals surface area contributed by atoms with E-state index in [0.717, 1.165) is 11.1 Å². The summed E-state index contributed by atoms with van der Waals surface area (Å²) < 4.78 is 29.3. The lowest BCUT2D eigenvalue weighted by Crippen LogP contribution is -2.56. The van der Waals surface area contributed by atoms with Crippen LogP contribution in [0.3, 0.4) is 0 Å². The van der Waals surface area contributed by atoms with E-state index in [-0.39, 0.29) is 18.7 Å². The van der Waals surface area contributed by atoms with E-state index in [1.165, 1.54) is 27.9 Å². The Morgan fingerprint density at radius 2 is 1.81 bits per heavy atom. The van der Waals surface area contributed by atoms with Crippen LogP contribution in [0.25, 0.3) is 0 Å². The molecule has 0 saturated heterocycles. The molecule has 1 heterocycles. The molecule has 1 aromatic heterocycles. The molecule has 0 spiro atoms. The number of aromatic nitrogens is 2. The molecule has 0 bridgehead atoms. The van der Waals surface area contributed by atoms with Crippen molar-refractivity contribution >= 4 is 23.4 Å². The Balaban J connectivity index is 1.58. The number of hydrogen-bond acceptors (Lipinski definition) is 4. The van der Waals surface area contributed by atoms with Crippen molar-refractivity contribution in [3.63, 3.8) is 0 Å². The summed E-state index contributed by atoms with van der Waals surface area (Å²) in [5, 5.41) is 17.0. The Labute approximate surface area is 212 Å². The number of alkyl halides is 2. The minimum absolute atomic E-state index is 0.0219. The van der Waals surface area contributed by atoms with Crippen LogP contribution in [-0.2, 0) is 29.6 Å². The number of rotatable bonds is 9. The number of hydrogen-bond donors (Lipinski definition) is 2. The standard InChI is InChI=1S/C26H27ClF2N4O3/c1-32-16-19(15-31-32)24(25(36)30-14-18-2-7-20(27)8-3-18)33(21-12-26(28,29)13-21)23(35)11-6-17-4-9-22(34)10-5-17/h2-5,7-10,15-16,21,24,34H,6,11-14H2,1H3,(H,30,36). The zero-order chi connectivity index (χ0) is 25.9. The van der Waals surface area contributed by atoms with Gasteiger partial charge in [-0.2, -0.15) is 5.10 Å². The first kappa shape index (κ1) is 25.6. The smallest absolute Gasteiger partial charge is 0.252 e. The highest BCUT2D eigenvalue weighted by Crippen LogP contribution is 2.43. The molecule has 1 aliphatic rings. The van der Waals surface area contributed by atoms with Gasteiger partial charge in [0.2, 0.25) is 11.8 Å². The predicted molar refractivity (Wildman–Crippen MR) is 130 cm³/mol. The molecule has 0 radical (unpaired) electrons. The molecule has 1 saturated carbocycles. The third-order valence-corrected chi connectivity index (χ3v) is 6.51. The minimum Gasteiger partial charge on any atom is -0.508 e. The minimum atomic E-state index is -2.88. The van der Waals surface area contributed by atoms with Gasteiger partial charge in [-0.15, -0.1) is 0 Å². The summed E-state index contributed by atoms with van der Waals surface area (Å²) in [7, 11) is 1.68. The number of carbonyl (C=O) groups excluding carboxylic acids is 2. The first-order valence-electron chi connectivity index (χ1n) is 11.6. The number of phenols is 1. The fourth-order valence-corrected chi connectivity index (χ4v) is 4.46. The van der Waals surface area contributed by atoms with Gasteiger partial charge in [0, 0.05) is 55.7 Å². The zero-order valence-corrected chi connectivity index (χ0v) is 20.5. The topological polar surface area (TPSA) is 87.5 Å². The van der Waals surface area contributed by atoms with Crippen molar-refractivity contribution in [2.75, 3.05) is 0 Å². The second-order valence-electron chi connectivity index (χ2n) is 9.08. The first-order valence-corrected chi connectivity index (χ1v) is 12.0. The van der Waals surface area contributed by atoms with Crippen LogP contribution in [0.2, 0.25) is 5.02 Å². The second kappa shape index (κ2) is 10.7. The lowest BCUT2D eigenvalue weighted by molar-refractivity contribution is -0.164. The number of halogens is 3. The number of amides is 2. The van der Waals surface area contributed by atoms with Gasteiger partial charge < -0.3 is 15.3 Å². The van der Waals surface area contributed by atoms with Crippen LogP contribution in [0.1, 0.15) is 42.0 Å². The van der Waals surface area contributed by atoms with Gasteiger partial charge in [-0.05, 0) is 41.8 Å². The van der Waals surface area contributed by atoms with E-state index in [1.54, 1.807) is 49.6 Å². The molecule has 190 valence electrons. The SMILES string of the molecule is Cn1cc(C(C(=O)NCc2ccc(Cl)cc2)N(C(=O)CCc2ccc(O)cc2)C2CC(F)(F)C2)cn1. The largest absolute Gasteiger partial charge is 0.508 e. The molecule has 7 nitrogen and oxygen atoms in total. The summed E-state index contributed by atoms with van der Waals surface area (Å²) in [4.78, 5) is 28.2. The fourth-order valence-electron chi connectivity index (χ4n) is 4.34. The number of aromatic hydroxyl groups is 1. The van der Waals surface area contributed by atoms with E-state index in [0.29, 0.717) is 17.0 Å². The Hall–Kier alpha value is -3.46. The van der Waals surface area contributed by atoms with Crippen molar-refractivity contribution in [2.24, 2.45) is 7.05 Å². The third-order valence-electron chi connectivity index (χ3n) is 6.26. The normalized spacial score (nSPS) is 15.7. The van der Waals surface area contributed by atoms with Gasteiger partial charge in [-0.1, -0.05) is 35.9 Å². The average molecular weight is 517 g/mol. The molecule has 1 unspecified atom stereocenters. The number of phenolic OH excluding ortho intramolecular Hbond substituents is 1. The summed E-state index contributed by atoms with van der Waals surface area (Å²) in [5.41, 5.74) is 2.06. The van der Waals surface area contributed by atoms with Crippen LogP contribution in [0.15, 0.2) is 60.9 Å². The maximum Gasteiger partial charge on any atom is 0.252 e. The fraction of sp³-hybridized carbons (Fsp3) is 0.346. The Morgan fingerprint density at radius 1 is 1.17 bits per heavy atom. The van der Waals surface area contributed by atoms with Crippen LogP contribution in [0.5, 0.6) is 5.75 Å². The Morgan fingerprint density at radius 3 is 2.39 bits per heavy atom. The van der Waals surface area contributed by atoms with Gasteiger partial charge in [0.05, 0.1) is 6.20 Å².